The Balaban J connectivity index is 1.72. The van der Waals surface area contributed by atoms with Crippen LogP contribution in [0.4, 0.5) is 0 Å². The van der Waals surface area contributed by atoms with Crippen molar-refractivity contribution in [1.29, 1.82) is 0 Å². The molecule has 0 saturated heterocycles. The fourth-order valence-corrected chi connectivity index (χ4v) is 3.11. The van der Waals surface area contributed by atoms with Crippen molar-refractivity contribution in [2.45, 2.75) is 32.6 Å². The maximum atomic E-state index is 11.7. The Labute approximate surface area is 143 Å². The number of phosphoric acid groups is 1. The highest BCUT2D eigenvalue weighted by atomic mass is 31.2. The van der Waals surface area contributed by atoms with Gasteiger partial charge in [0.15, 0.2) is 0 Å². The van der Waals surface area contributed by atoms with E-state index < -0.39 is 7.82 Å². The van der Waals surface area contributed by atoms with Gasteiger partial charge in [-0.2, -0.15) is 0 Å². The van der Waals surface area contributed by atoms with Crippen molar-refractivity contribution in [3.05, 3.63) is 42.5 Å². The van der Waals surface area contributed by atoms with Crippen molar-refractivity contribution in [3.63, 3.8) is 0 Å². The molecule has 0 amide bonds. The lowest BCUT2D eigenvalue weighted by molar-refractivity contribution is 0.128. The van der Waals surface area contributed by atoms with E-state index in [-0.39, 0.29) is 19.8 Å². The first-order valence-corrected chi connectivity index (χ1v) is 9.84. The number of ether oxygens (including phenoxy) is 1. The number of benzene rings is 2. The molecule has 6 heteroatoms. The van der Waals surface area contributed by atoms with Crippen LogP contribution in [0.5, 0.6) is 5.75 Å². The summed E-state index contributed by atoms with van der Waals surface area (Å²) < 4.78 is 27.3. The van der Waals surface area contributed by atoms with E-state index >= 15 is 0 Å². The second-order valence-corrected chi connectivity index (χ2v) is 6.97. The number of fused-ring (bicyclic) bond motifs is 1. The molecule has 2 aromatic carbocycles. The summed E-state index contributed by atoms with van der Waals surface area (Å²) in [5.74, 6) is 0.727. The van der Waals surface area contributed by atoms with Crippen molar-refractivity contribution in [2.75, 3.05) is 19.8 Å². The van der Waals surface area contributed by atoms with Gasteiger partial charge < -0.3 is 9.63 Å². The molecule has 0 radical (unpaired) electrons. The van der Waals surface area contributed by atoms with E-state index in [1.807, 2.05) is 42.5 Å². The molecule has 0 aliphatic carbocycles. The zero-order valence-electron chi connectivity index (χ0n) is 14.0. The summed E-state index contributed by atoms with van der Waals surface area (Å²) in [5, 5.41) is 2.08. The molecular weight excluding hydrogens is 327 g/mol. The van der Waals surface area contributed by atoms with Gasteiger partial charge in [-0.15, -0.1) is 0 Å². The van der Waals surface area contributed by atoms with Crippen LogP contribution in [0.3, 0.4) is 0 Å². The fourth-order valence-electron chi connectivity index (χ4n) is 2.37. The quantitative estimate of drug-likeness (QED) is 0.459. The maximum Gasteiger partial charge on any atom is 0.472 e. The molecule has 1 atom stereocenters. The molecule has 0 aliphatic heterocycles. The lowest BCUT2D eigenvalue weighted by atomic mass is 10.1. The van der Waals surface area contributed by atoms with Gasteiger partial charge in [0.2, 0.25) is 0 Å². The number of hydrogen-bond acceptors (Lipinski definition) is 4. The molecule has 1 N–H and O–H groups in total. The lowest BCUT2D eigenvalue weighted by Gasteiger charge is -2.13. The predicted octanol–water partition coefficient (Wildman–Crippen LogP) is 4.93. The van der Waals surface area contributed by atoms with Crippen LogP contribution >= 0.6 is 7.82 Å². The fraction of sp³-hybridized carbons (Fsp3) is 0.444. The van der Waals surface area contributed by atoms with Crippen LogP contribution in [-0.4, -0.2) is 24.7 Å². The van der Waals surface area contributed by atoms with E-state index in [0.717, 1.165) is 42.2 Å². The summed E-state index contributed by atoms with van der Waals surface area (Å²) in [6.07, 6.45) is 3.95. The monoisotopic (exact) mass is 352 g/mol. The predicted molar refractivity (Wildman–Crippen MR) is 95.3 cm³/mol. The van der Waals surface area contributed by atoms with E-state index in [1.165, 1.54) is 0 Å². The van der Waals surface area contributed by atoms with Gasteiger partial charge in [0.1, 0.15) is 12.4 Å². The van der Waals surface area contributed by atoms with E-state index in [2.05, 4.69) is 6.92 Å². The Hall–Kier alpha value is -1.39. The maximum absolute atomic E-state index is 11.7. The highest BCUT2D eigenvalue weighted by Gasteiger charge is 2.20. The third kappa shape index (κ3) is 6.25. The molecule has 132 valence electrons. The highest BCUT2D eigenvalue weighted by Crippen LogP contribution is 2.43. The average molecular weight is 352 g/mol. The average Bonchev–Trinajstić information content (AvgIpc) is 2.58. The van der Waals surface area contributed by atoms with Crippen molar-refractivity contribution in [2.24, 2.45) is 0 Å². The van der Waals surface area contributed by atoms with Gasteiger partial charge in [-0.3, -0.25) is 9.05 Å². The SMILES string of the molecule is CCCCCCOP(=O)(O)OCCOc1cccc2ccccc12. The zero-order chi connectivity index (χ0) is 17.3. The van der Waals surface area contributed by atoms with Crippen molar-refractivity contribution < 1.29 is 23.2 Å². The van der Waals surface area contributed by atoms with E-state index in [0.29, 0.717) is 0 Å². The van der Waals surface area contributed by atoms with Crippen LogP contribution in [0.1, 0.15) is 32.6 Å². The van der Waals surface area contributed by atoms with E-state index in [4.69, 9.17) is 13.8 Å². The molecule has 24 heavy (non-hydrogen) atoms. The summed E-state index contributed by atoms with van der Waals surface area (Å²) >= 11 is 0. The van der Waals surface area contributed by atoms with Gasteiger partial charge in [-0.25, -0.2) is 4.57 Å². The normalized spacial score (nSPS) is 13.8. The van der Waals surface area contributed by atoms with Crippen LogP contribution in [0.2, 0.25) is 0 Å². The Morgan fingerprint density at radius 1 is 0.917 bits per heavy atom. The van der Waals surface area contributed by atoms with E-state index in [1.54, 1.807) is 0 Å². The second kappa shape index (κ2) is 9.80. The first kappa shape index (κ1) is 18.9. The molecular formula is C18H25O5P. The molecule has 0 bridgehead atoms. The van der Waals surface area contributed by atoms with Gasteiger partial charge in [0.25, 0.3) is 0 Å². The molecule has 1 unspecified atom stereocenters. The molecule has 0 fully saturated rings. The smallest absolute Gasteiger partial charge is 0.472 e. The molecule has 5 nitrogen and oxygen atoms in total. The number of rotatable bonds is 11. The van der Waals surface area contributed by atoms with Crippen LogP contribution < -0.4 is 4.74 Å². The summed E-state index contributed by atoms with van der Waals surface area (Å²) in [4.78, 5) is 9.60. The van der Waals surface area contributed by atoms with Crippen LogP contribution in [0, 0.1) is 0 Å². The molecule has 0 spiro atoms. The minimum absolute atomic E-state index is 0.00798. The van der Waals surface area contributed by atoms with Crippen LogP contribution in [0.15, 0.2) is 42.5 Å². The van der Waals surface area contributed by atoms with Crippen LogP contribution in [0.25, 0.3) is 10.8 Å². The third-order valence-electron chi connectivity index (χ3n) is 3.60. The first-order valence-electron chi connectivity index (χ1n) is 8.35. The molecule has 0 saturated carbocycles. The number of phosphoric ester groups is 1. The summed E-state index contributed by atoms with van der Waals surface area (Å²) in [7, 11) is -3.99. The summed E-state index contributed by atoms with van der Waals surface area (Å²) in [6.45, 7) is 2.51. The summed E-state index contributed by atoms with van der Waals surface area (Å²) in [6, 6.07) is 13.7. The van der Waals surface area contributed by atoms with Crippen molar-refractivity contribution >= 4 is 18.6 Å². The summed E-state index contributed by atoms with van der Waals surface area (Å²) in [5.41, 5.74) is 0. The minimum atomic E-state index is -3.99. The Bertz CT molecular complexity index is 668. The van der Waals surface area contributed by atoms with Crippen molar-refractivity contribution in [1.82, 2.24) is 0 Å². The standard InChI is InChI=1S/C18H25O5P/c1-2-3-4-7-13-22-24(19,20)23-15-14-21-18-12-8-10-16-9-5-6-11-17(16)18/h5-6,8-12H,2-4,7,13-15H2,1H3,(H,19,20). The van der Waals surface area contributed by atoms with Crippen molar-refractivity contribution in [3.8, 4) is 5.75 Å². The Kier molecular flexibility index (Phi) is 7.73. The number of unbranched alkanes of at least 4 members (excludes halogenated alkanes) is 3. The Morgan fingerprint density at radius 2 is 1.67 bits per heavy atom. The molecule has 0 aromatic heterocycles. The lowest BCUT2D eigenvalue weighted by Crippen LogP contribution is -2.07. The largest absolute Gasteiger partial charge is 0.491 e. The highest BCUT2D eigenvalue weighted by molar-refractivity contribution is 7.47. The van der Waals surface area contributed by atoms with Gasteiger partial charge >= 0.3 is 7.82 Å². The molecule has 0 aliphatic rings. The Morgan fingerprint density at radius 3 is 2.50 bits per heavy atom. The molecule has 2 aromatic rings. The topological polar surface area (TPSA) is 65.0 Å². The van der Waals surface area contributed by atoms with Gasteiger partial charge in [-0.05, 0) is 17.9 Å². The van der Waals surface area contributed by atoms with E-state index in [9.17, 15) is 9.46 Å². The molecule has 2 rings (SSSR count). The minimum Gasteiger partial charge on any atom is -0.491 e. The van der Waals surface area contributed by atoms with Gasteiger partial charge in [0.05, 0.1) is 13.2 Å². The second-order valence-electron chi connectivity index (χ2n) is 5.52. The van der Waals surface area contributed by atoms with Gasteiger partial charge in [0, 0.05) is 5.39 Å². The van der Waals surface area contributed by atoms with Gasteiger partial charge in [-0.1, -0.05) is 62.6 Å². The van der Waals surface area contributed by atoms with Crippen LogP contribution in [-0.2, 0) is 13.6 Å². The third-order valence-corrected chi connectivity index (χ3v) is 4.62. The molecule has 0 heterocycles. The number of hydrogen-bond donors (Lipinski definition) is 1. The first-order chi connectivity index (χ1) is 11.6. The zero-order valence-corrected chi connectivity index (χ0v) is 14.9.